The molecule has 0 saturated heterocycles. The van der Waals surface area contributed by atoms with Gasteiger partial charge in [0.05, 0.1) is 11.1 Å². The molecule has 0 spiro atoms. The number of aromatic carboxylic acids is 2. The quantitative estimate of drug-likeness (QED) is 0.278. The van der Waals surface area contributed by atoms with Crippen LogP contribution in [0.3, 0.4) is 0 Å². The zero-order valence-corrected chi connectivity index (χ0v) is 16.3. The molecule has 0 saturated carbocycles. The summed E-state index contributed by atoms with van der Waals surface area (Å²) in [5.41, 5.74) is 1.01. The molecule has 4 aromatic carbocycles. The van der Waals surface area contributed by atoms with Crippen molar-refractivity contribution >= 4 is 44.6 Å². The number of carboxylic acids is 2. The summed E-state index contributed by atoms with van der Waals surface area (Å²) < 4.78 is 6.09. The van der Waals surface area contributed by atoms with E-state index in [4.69, 9.17) is 4.42 Å². The summed E-state index contributed by atoms with van der Waals surface area (Å²) in [5, 5.41) is 31.6. The van der Waals surface area contributed by atoms with Crippen LogP contribution in [0.4, 0.5) is 0 Å². The highest BCUT2D eigenvalue weighted by Gasteiger charge is 2.21. The Kier molecular flexibility index (Phi) is 4.20. The number of carboxylic acid groups (broad SMARTS) is 2. The number of carbonyl (C=O) groups is 2. The first-order valence-corrected chi connectivity index (χ1v) is 9.57. The third kappa shape index (κ3) is 2.95. The van der Waals surface area contributed by atoms with Crippen LogP contribution in [0, 0.1) is 0 Å². The molecule has 32 heavy (non-hydrogen) atoms. The first kappa shape index (κ1) is 19.3. The average molecular weight is 426 g/mol. The number of hydrogen-bond donors (Lipinski definition) is 3. The Morgan fingerprint density at radius 3 is 2.25 bits per heavy atom. The SMILES string of the molecule is O=C(O)c1ccc(C(=O)O)c(-c2c3ccc(O)cc3oc3c2ccc2cc(=O)ccc23)c1. The molecule has 0 amide bonds. The van der Waals surface area contributed by atoms with Gasteiger partial charge in [0, 0.05) is 27.8 Å². The molecule has 0 unspecified atom stereocenters. The van der Waals surface area contributed by atoms with Gasteiger partial charge in [0.1, 0.15) is 16.9 Å². The fourth-order valence-corrected chi connectivity index (χ4v) is 4.00. The zero-order chi connectivity index (χ0) is 22.6. The Balaban J connectivity index is 2.03. The van der Waals surface area contributed by atoms with Crippen LogP contribution >= 0.6 is 0 Å². The lowest BCUT2D eigenvalue weighted by atomic mass is 9.91. The topological polar surface area (TPSA) is 125 Å². The Hall–Kier alpha value is -4.65. The second-order valence-electron chi connectivity index (χ2n) is 7.35. The number of phenols is 1. The first-order valence-electron chi connectivity index (χ1n) is 9.57. The molecule has 0 radical (unpaired) electrons. The van der Waals surface area contributed by atoms with Gasteiger partial charge in [-0.15, -0.1) is 0 Å². The van der Waals surface area contributed by atoms with Crippen molar-refractivity contribution in [2.45, 2.75) is 0 Å². The predicted molar refractivity (Wildman–Crippen MR) is 119 cm³/mol. The zero-order valence-electron chi connectivity index (χ0n) is 16.3. The van der Waals surface area contributed by atoms with Crippen LogP contribution in [-0.4, -0.2) is 27.3 Å². The Labute approximate surface area is 179 Å². The number of benzene rings is 4. The molecule has 5 rings (SSSR count). The van der Waals surface area contributed by atoms with Crippen molar-refractivity contribution in [3.05, 3.63) is 88.1 Å². The van der Waals surface area contributed by atoms with Crippen LogP contribution in [0.1, 0.15) is 20.7 Å². The van der Waals surface area contributed by atoms with Crippen molar-refractivity contribution < 1.29 is 29.3 Å². The molecule has 5 aromatic rings. The van der Waals surface area contributed by atoms with Crippen LogP contribution in [0.15, 0.2) is 75.9 Å². The van der Waals surface area contributed by atoms with Gasteiger partial charge in [-0.3, -0.25) is 4.79 Å². The number of phenolic OH excluding ortho intramolecular Hbond substituents is 1. The van der Waals surface area contributed by atoms with Gasteiger partial charge in [0.15, 0.2) is 5.43 Å². The van der Waals surface area contributed by atoms with E-state index in [1.54, 1.807) is 24.3 Å². The monoisotopic (exact) mass is 426 g/mol. The highest BCUT2D eigenvalue weighted by atomic mass is 16.4. The van der Waals surface area contributed by atoms with E-state index in [-0.39, 0.29) is 33.5 Å². The van der Waals surface area contributed by atoms with Gasteiger partial charge in [-0.25, -0.2) is 9.59 Å². The van der Waals surface area contributed by atoms with E-state index in [0.717, 1.165) is 0 Å². The highest BCUT2D eigenvalue weighted by Crippen LogP contribution is 2.41. The van der Waals surface area contributed by atoms with Crippen LogP contribution in [-0.2, 0) is 0 Å². The molecular formula is C25H14O7. The Morgan fingerprint density at radius 2 is 1.50 bits per heavy atom. The average Bonchev–Trinajstić information content (AvgIpc) is 2.76. The summed E-state index contributed by atoms with van der Waals surface area (Å²) in [6.45, 7) is 0. The second-order valence-corrected chi connectivity index (χ2v) is 7.35. The van der Waals surface area contributed by atoms with Gasteiger partial charge < -0.3 is 19.7 Å². The van der Waals surface area contributed by atoms with Crippen molar-refractivity contribution in [1.29, 1.82) is 0 Å². The van der Waals surface area contributed by atoms with Gasteiger partial charge in [-0.1, -0.05) is 6.07 Å². The van der Waals surface area contributed by atoms with E-state index < -0.39 is 11.9 Å². The second kappa shape index (κ2) is 6.95. The van der Waals surface area contributed by atoms with E-state index in [0.29, 0.717) is 32.7 Å². The predicted octanol–water partition coefficient (Wildman–Crippen LogP) is 4.87. The Morgan fingerprint density at radius 1 is 0.750 bits per heavy atom. The standard InChI is InChI=1S/C25H14O7/c26-14-3-7-16-12(9-14)1-6-19-22(18-8-4-15(27)11-21(18)32-23(16)19)20-10-13(24(28)29)2-5-17(20)25(30)31/h1-11,27H,(H,28,29)(H,30,31). The molecule has 0 aliphatic carbocycles. The first-order chi connectivity index (χ1) is 15.3. The van der Waals surface area contributed by atoms with Crippen molar-refractivity contribution in [3.63, 3.8) is 0 Å². The van der Waals surface area contributed by atoms with E-state index in [9.17, 15) is 29.7 Å². The summed E-state index contributed by atoms with van der Waals surface area (Å²) in [4.78, 5) is 35.4. The third-order valence-electron chi connectivity index (χ3n) is 5.42. The van der Waals surface area contributed by atoms with Crippen LogP contribution in [0.25, 0.3) is 43.8 Å². The molecule has 1 aromatic heterocycles. The molecule has 1 heterocycles. The van der Waals surface area contributed by atoms with Crippen LogP contribution < -0.4 is 5.43 Å². The normalized spacial score (nSPS) is 11.2. The van der Waals surface area contributed by atoms with Crippen molar-refractivity contribution in [2.75, 3.05) is 0 Å². The minimum Gasteiger partial charge on any atom is -0.508 e. The summed E-state index contributed by atoms with van der Waals surface area (Å²) >= 11 is 0. The summed E-state index contributed by atoms with van der Waals surface area (Å²) in [6, 6.07) is 16.2. The minimum atomic E-state index is -1.21. The minimum absolute atomic E-state index is 0.0497. The smallest absolute Gasteiger partial charge is 0.336 e. The molecule has 156 valence electrons. The molecule has 0 fully saturated rings. The van der Waals surface area contributed by atoms with E-state index in [1.165, 1.54) is 42.5 Å². The maximum absolute atomic E-state index is 12.0. The van der Waals surface area contributed by atoms with E-state index in [2.05, 4.69) is 0 Å². The van der Waals surface area contributed by atoms with Crippen LogP contribution in [0.5, 0.6) is 5.75 Å². The lowest BCUT2D eigenvalue weighted by molar-refractivity contribution is 0.0682. The van der Waals surface area contributed by atoms with Gasteiger partial charge in [0.2, 0.25) is 0 Å². The molecule has 0 bridgehead atoms. The maximum Gasteiger partial charge on any atom is 0.336 e. The number of aromatic hydroxyl groups is 1. The lowest BCUT2D eigenvalue weighted by Gasteiger charge is -2.15. The fraction of sp³-hybridized carbons (Fsp3) is 0. The Bertz CT molecular complexity index is 1660. The van der Waals surface area contributed by atoms with Crippen LogP contribution in [0.2, 0.25) is 0 Å². The molecule has 7 heteroatoms. The molecule has 7 nitrogen and oxygen atoms in total. The number of fused-ring (bicyclic) bond motifs is 4. The van der Waals surface area contributed by atoms with E-state index >= 15 is 0 Å². The summed E-state index contributed by atoms with van der Waals surface area (Å²) in [5.74, 6) is -2.45. The molecule has 0 aliphatic rings. The molecule has 0 aliphatic heterocycles. The third-order valence-corrected chi connectivity index (χ3v) is 5.42. The van der Waals surface area contributed by atoms with Crippen molar-refractivity contribution in [2.24, 2.45) is 0 Å². The summed E-state index contributed by atoms with van der Waals surface area (Å²) in [7, 11) is 0. The van der Waals surface area contributed by atoms with E-state index in [1.807, 2.05) is 0 Å². The van der Waals surface area contributed by atoms with Gasteiger partial charge in [-0.2, -0.15) is 0 Å². The summed E-state index contributed by atoms with van der Waals surface area (Å²) in [6.07, 6.45) is 0. The van der Waals surface area contributed by atoms with Gasteiger partial charge in [0.25, 0.3) is 0 Å². The highest BCUT2D eigenvalue weighted by molar-refractivity contribution is 6.17. The molecule has 3 N–H and O–H groups in total. The van der Waals surface area contributed by atoms with Crippen molar-refractivity contribution in [3.8, 4) is 16.9 Å². The molecule has 0 atom stereocenters. The lowest BCUT2D eigenvalue weighted by Crippen LogP contribution is -2.04. The number of hydrogen-bond acceptors (Lipinski definition) is 5. The largest absolute Gasteiger partial charge is 0.508 e. The molecular weight excluding hydrogens is 412 g/mol. The maximum atomic E-state index is 12.0. The van der Waals surface area contributed by atoms with Gasteiger partial charge in [-0.05, 0) is 65.5 Å². The van der Waals surface area contributed by atoms with Crippen molar-refractivity contribution in [1.82, 2.24) is 0 Å². The van der Waals surface area contributed by atoms with Gasteiger partial charge >= 0.3 is 11.9 Å². The number of rotatable bonds is 3. The fourth-order valence-electron chi connectivity index (χ4n) is 4.00.